The van der Waals surface area contributed by atoms with Gasteiger partial charge in [-0.05, 0) is 63.4 Å². The molecule has 7 nitrogen and oxygen atoms in total. The van der Waals surface area contributed by atoms with E-state index in [1.807, 2.05) is 35.9 Å². The van der Waals surface area contributed by atoms with Crippen molar-refractivity contribution in [1.29, 1.82) is 0 Å². The third-order valence-corrected chi connectivity index (χ3v) is 7.06. The number of aromatic nitrogens is 4. The maximum atomic E-state index is 12.8. The zero-order chi connectivity index (χ0) is 24.5. The van der Waals surface area contributed by atoms with Crippen LogP contribution in [0.4, 0.5) is 5.82 Å². The molecule has 1 aliphatic heterocycles. The van der Waals surface area contributed by atoms with E-state index in [9.17, 15) is 4.79 Å². The first-order valence-corrected chi connectivity index (χ1v) is 12.4. The maximum absolute atomic E-state index is 12.8. The third kappa shape index (κ3) is 4.73. The van der Waals surface area contributed by atoms with E-state index < -0.39 is 0 Å². The van der Waals surface area contributed by atoms with Crippen molar-refractivity contribution in [3.63, 3.8) is 0 Å². The van der Waals surface area contributed by atoms with Crippen molar-refractivity contribution < 1.29 is 4.79 Å². The Hall–Kier alpha value is -3.45. The van der Waals surface area contributed by atoms with Crippen molar-refractivity contribution >= 4 is 34.2 Å². The van der Waals surface area contributed by atoms with Crippen LogP contribution in [0.3, 0.4) is 0 Å². The molecule has 0 saturated carbocycles. The van der Waals surface area contributed by atoms with E-state index in [1.165, 1.54) is 5.56 Å². The summed E-state index contributed by atoms with van der Waals surface area (Å²) in [5.41, 5.74) is 6.05. The fourth-order valence-electron chi connectivity index (χ4n) is 4.75. The molecule has 0 unspecified atom stereocenters. The number of hydrogen-bond donors (Lipinski definition) is 1. The number of hydrogen-bond acceptors (Lipinski definition) is 5. The van der Waals surface area contributed by atoms with Crippen molar-refractivity contribution in [2.75, 3.05) is 18.0 Å². The number of nitrogens with one attached hydrogen (secondary N) is 1. The van der Waals surface area contributed by atoms with E-state index in [2.05, 4.69) is 58.5 Å². The highest BCUT2D eigenvalue weighted by Crippen LogP contribution is 2.31. The van der Waals surface area contributed by atoms with Crippen molar-refractivity contribution in [2.45, 2.75) is 40.2 Å². The van der Waals surface area contributed by atoms with Crippen molar-refractivity contribution in [3.8, 4) is 5.69 Å². The van der Waals surface area contributed by atoms with Gasteiger partial charge in [0.15, 0.2) is 5.82 Å². The van der Waals surface area contributed by atoms with E-state index in [0.717, 1.165) is 65.3 Å². The lowest BCUT2D eigenvalue weighted by Gasteiger charge is -2.32. The van der Waals surface area contributed by atoms with Crippen molar-refractivity contribution in [1.82, 2.24) is 25.3 Å². The molecule has 2 aromatic heterocycles. The Morgan fingerprint density at radius 2 is 1.69 bits per heavy atom. The lowest BCUT2D eigenvalue weighted by atomic mass is 9.95. The van der Waals surface area contributed by atoms with Gasteiger partial charge in [-0.3, -0.25) is 4.79 Å². The second-order valence-electron chi connectivity index (χ2n) is 9.27. The molecule has 2 aromatic carbocycles. The van der Waals surface area contributed by atoms with Crippen LogP contribution in [0.2, 0.25) is 5.02 Å². The number of aryl methyl sites for hydroxylation is 3. The Bertz CT molecular complexity index is 1360. The van der Waals surface area contributed by atoms with Crippen LogP contribution in [0.5, 0.6) is 0 Å². The molecule has 3 heterocycles. The fourth-order valence-corrected chi connectivity index (χ4v) is 4.88. The third-order valence-electron chi connectivity index (χ3n) is 6.81. The van der Waals surface area contributed by atoms with Gasteiger partial charge in [-0.2, -0.15) is 10.2 Å². The number of amides is 1. The first kappa shape index (κ1) is 23.3. The molecule has 180 valence electrons. The minimum atomic E-state index is -0.0145. The monoisotopic (exact) mass is 488 g/mol. The second-order valence-corrected chi connectivity index (χ2v) is 9.71. The highest BCUT2D eigenvalue weighted by Gasteiger charge is 2.28. The van der Waals surface area contributed by atoms with Gasteiger partial charge in [0.25, 0.3) is 0 Å². The molecule has 0 radical (unpaired) electrons. The lowest BCUT2D eigenvalue weighted by molar-refractivity contribution is -0.125. The molecule has 1 aliphatic rings. The Balaban J connectivity index is 1.31. The number of fused-ring (bicyclic) bond motifs is 1. The summed E-state index contributed by atoms with van der Waals surface area (Å²) in [5, 5.41) is 18.7. The zero-order valence-electron chi connectivity index (χ0n) is 20.3. The Morgan fingerprint density at radius 3 is 2.37 bits per heavy atom. The first-order chi connectivity index (χ1) is 16.9. The van der Waals surface area contributed by atoms with Gasteiger partial charge in [-0.25, -0.2) is 4.68 Å². The summed E-state index contributed by atoms with van der Waals surface area (Å²) in [5.74, 6) is 0.873. The van der Waals surface area contributed by atoms with E-state index in [0.29, 0.717) is 11.6 Å². The number of nitrogens with zero attached hydrogens (tertiary/aromatic N) is 5. The summed E-state index contributed by atoms with van der Waals surface area (Å²) in [6.07, 6.45) is 1.53. The number of piperidine rings is 1. The molecule has 0 aliphatic carbocycles. The molecule has 0 spiro atoms. The summed E-state index contributed by atoms with van der Waals surface area (Å²) in [7, 11) is 0. The van der Waals surface area contributed by atoms with Gasteiger partial charge < -0.3 is 10.2 Å². The molecule has 0 atom stereocenters. The molecule has 1 amide bonds. The number of rotatable bonds is 5. The average Bonchev–Trinajstić information content (AvgIpc) is 3.22. The van der Waals surface area contributed by atoms with E-state index >= 15 is 0 Å². The Kier molecular flexibility index (Phi) is 6.43. The molecule has 8 heteroatoms. The fraction of sp³-hybridized carbons (Fsp3) is 0.333. The lowest BCUT2D eigenvalue weighted by Crippen LogP contribution is -2.40. The predicted molar refractivity (Wildman–Crippen MR) is 139 cm³/mol. The van der Waals surface area contributed by atoms with Crippen LogP contribution < -0.4 is 10.2 Å². The van der Waals surface area contributed by atoms with Gasteiger partial charge in [0.2, 0.25) is 5.91 Å². The van der Waals surface area contributed by atoms with Crippen LogP contribution in [0.25, 0.3) is 16.6 Å². The topological polar surface area (TPSA) is 75.9 Å². The summed E-state index contributed by atoms with van der Waals surface area (Å²) in [4.78, 5) is 15.0. The van der Waals surface area contributed by atoms with Gasteiger partial charge in [-0.15, -0.1) is 5.10 Å². The van der Waals surface area contributed by atoms with Gasteiger partial charge in [0.05, 0.1) is 22.5 Å². The summed E-state index contributed by atoms with van der Waals surface area (Å²) in [6, 6.07) is 15.9. The van der Waals surface area contributed by atoms with Crippen LogP contribution >= 0.6 is 11.6 Å². The first-order valence-electron chi connectivity index (χ1n) is 12.0. The standard InChI is InChI=1S/C27H29ClN6O/c1-17-4-10-23(11-5-17)34-19(3)24-18(2)30-31-26(25(24)32-34)33-14-12-21(13-15-33)27(35)29-16-20-6-8-22(28)9-7-20/h4-11,21H,12-16H2,1-3H3,(H,29,35). The minimum Gasteiger partial charge on any atom is -0.353 e. The molecular weight excluding hydrogens is 460 g/mol. The number of anilines is 1. The maximum Gasteiger partial charge on any atom is 0.223 e. The molecule has 35 heavy (non-hydrogen) atoms. The highest BCUT2D eigenvalue weighted by atomic mass is 35.5. The average molecular weight is 489 g/mol. The predicted octanol–water partition coefficient (Wildman–Crippen LogP) is 4.93. The molecule has 0 bridgehead atoms. The quantitative estimate of drug-likeness (QED) is 0.431. The Labute approximate surface area is 210 Å². The minimum absolute atomic E-state index is 0.0145. The van der Waals surface area contributed by atoms with Gasteiger partial charge in [0.1, 0.15) is 5.52 Å². The molecule has 1 N–H and O–H groups in total. The number of carbonyl (C=O) groups excluding carboxylic acids is 1. The zero-order valence-corrected chi connectivity index (χ0v) is 21.0. The van der Waals surface area contributed by atoms with Gasteiger partial charge in [-0.1, -0.05) is 41.4 Å². The van der Waals surface area contributed by atoms with Crippen molar-refractivity contribution in [3.05, 3.63) is 76.1 Å². The number of benzene rings is 2. The summed E-state index contributed by atoms with van der Waals surface area (Å²) in [6.45, 7) is 8.12. The summed E-state index contributed by atoms with van der Waals surface area (Å²) < 4.78 is 1.97. The van der Waals surface area contributed by atoms with E-state index in [-0.39, 0.29) is 11.8 Å². The second kappa shape index (κ2) is 9.66. The molecule has 4 aromatic rings. The van der Waals surface area contributed by atoms with E-state index in [1.54, 1.807) is 0 Å². The number of halogens is 1. The summed E-state index contributed by atoms with van der Waals surface area (Å²) >= 11 is 5.94. The van der Waals surface area contributed by atoms with Crippen LogP contribution in [-0.2, 0) is 11.3 Å². The van der Waals surface area contributed by atoms with Crippen molar-refractivity contribution in [2.24, 2.45) is 5.92 Å². The van der Waals surface area contributed by atoms with Crippen LogP contribution in [-0.4, -0.2) is 39.0 Å². The Morgan fingerprint density at radius 1 is 1.00 bits per heavy atom. The van der Waals surface area contributed by atoms with Gasteiger partial charge >= 0.3 is 0 Å². The molecule has 1 saturated heterocycles. The van der Waals surface area contributed by atoms with E-state index in [4.69, 9.17) is 16.7 Å². The van der Waals surface area contributed by atoms with Gasteiger partial charge in [0, 0.05) is 30.6 Å². The molecule has 1 fully saturated rings. The van der Waals surface area contributed by atoms with Crippen LogP contribution in [0, 0.1) is 26.7 Å². The van der Waals surface area contributed by atoms with Crippen LogP contribution in [0.15, 0.2) is 48.5 Å². The largest absolute Gasteiger partial charge is 0.353 e. The number of carbonyl (C=O) groups is 1. The molecular formula is C27H29ClN6O. The molecule has 5 rings (SSSR count). The normalized spacial score (nSPS) is 14.5. The SMILES string of the molecule is Cc1ccc(-n2nc3c(N4CCC(C(=O)NCc5ccc(Cl)cc5)CC4)nnc(C)c3c2C)cc1. The smallest absolute Gasteiger partial charge is 0.223 e. The highest BCUT2D eigenvalue weighted by molar-refractivity contribution is 6.30. The van der Waals surface area contributed by atoms with Crippen LogP contribution in [0.1, 0.15) is 35.4 Å².